The molecule has 0 saturated heterocycles. The molecule has 0 atom stereocenters. The number of halogens is 1. The van der Waals surface area contributed by atoms with Gasteiger partial charge in [0.1, 0.15) is 10.6 Å². The van der Waals surface area contributed by atoms with Crippen LogP contribution in [0.5, 0.6) is 5.75 Å². The summed E-state index contributed by atoms with van der Waals surface area (Å²) in [4.78, 5) is 12.5. The van der Waals surface area contributed by atoms with Gasteiger partial charge in [0.25, 0.3) is 0 Å². The number of allylic oxidation sites excluding steroid dienone is 1. The van der Waals surface area contributed by atoms with Crippen LogP contribution in [0.3, 0.4) is 0 Å². The van der Waals surface area contributed by atoms with E-state index in [0.29, 0.717) is 21.7 Å². The Hall–Kier alpha value is -2.89. The molecule has 6 heteroatoms. The minimum Gasteiger partial charge on any atom is -0.379 e. The zero-order valence-electron chi connectivity index (χ0n) is 16.8. The summed E-state index contributed by atoms with van der Waals surface area (Å²) in [5.74, 6) is -0.0874. The molecule has 0 radical (unpaired) electrons. The van der Waals surface area contributed by atoms with Crippen molar-refractivity contribution in [3.8, 4) is 5.75 Å². The van der Waals surface area contributed by atoms with Crippen LogP contribution in [0.2, 0.25) is 5.02 Å². The Morgan fingerprint density at radius 3 is 2.13 bits per heavy atom. The second kappa shape index (κ2) is 8.86. The highest BCUT2D eigenvalue weighted by molar-refractivity contribution is 7.87. The zero-order valence-corrected chi connectivity index (χ0v) is 18.4. The van der Waals surface area contributed by atoms with Gasteiger partial charge in [0, 0.05) is 10.6 Å². The molecule has 0 aliphatic heterocycles. The van der Waals surface area contributed by atoms with E-state index in [9.17, 15) is 13.2 Å². The van der Waals surface area contributed by atoms with Crippen molar-refractivity contribution in [2.24, 2.45) is 0 Å². The average Bonchev–Trinajstić information content (AvgIpc) is 2.66. The van der Waals surface area contributed by atoms with Crippen LogP contribution >= 0.6 is 11.6 Å². The van der Waals surface area contributed by atoms with Crippen LogP contribution in [0.1, 0.15) is 32.6 Å². The standard InChI is InChI=1S/C24H21ClO4S/c1-16-14-17(2)24(18(3)15-16)30(27,28)29-21-11-8-20(9-12-21)23(26)13-10-19-6-4-5-7-22(19)25/h4-15H,1-3H3. The fraction of sp³-hybridized carbons (Fsp3) is 0.125. The number of benzene rings is 3. The lowest BCUT2D eigenvalue weighted by Gasteiger charge is -2.13. The number of hydrogen-bond acceptors (Lipinski definition) is 4. The van der Waals surface area contributed by atoms with Gasteiger partial charge in [-0.15, -0.1) is 0 Å². The second-order valence-corrected chi connectivity index (χ2v) is 8.90. The topological polar surface area (TPSA) is 60.4 Å². The number of ketones is 1. The second-order valence-electron chi connectivity index (χ2n) is 7.01. The van der Waals surface area contributed by atoms with Crippen LogP contribution < -0.4 is 4.18 Å². The highest BCUT2D eigenvalue weighted by atomic mass is 35.5. The van der Waals surface area contributed by atoms with Crippen molar-refractivity contribution in [1.29, 1.82) is 0 Å². The van der Waals surface area contributed by atoms with Crippen molar-refractivity contribution >= 4 is 33.6 Å². The SMILES string of the molecule is Cc1cc(C)c(S(=O)(=O)Oc2ccc(C(=O)C=Cc3ccccc3Cl)cc2)c(C)c1. The first-order valence-electron chi connectivity index (χ1n) is 9.27. The molecule has 0 N–H and O–H groups in total. The van der Waals surface area contributed by atoms with Gasteiger partial charge in [0.05, 0.1) is 0 Å². The van der Waals surface area contributed by atoms with E-state index in [1.54, 1.807) is 38.1 Å². The number of carbonyl (C=O) groups excluding carboxylic acids is 1. The Kier molecular flexibility index (Phi) is 6.44. The van der Waals surface area contributed by atoms with Crippen molar-refractivity contribution in [1.82, 2.24) is 0 Å². The predicted octanol–water partition coefficient (Wildman–Crippen LogP) is 5.93. The van der Waals surface area contributed by atoms with Crippen LogP contribution in [0, 0.1) is 20.8 Å². The van der Waals surface area contributed by atoms with E-state index in [1.165, 1.54) is 30.3 Å². The van der Waals surface area contributed by atoms with E-state index in [2.05, 4.69) is 0 Å². The molecule has 0 aliphatic carbocycles. The molecule has 0 amide bonds. The van der Waals surface area contributed by atoms with E-state index in [-0.39, 0.29) is 16.4 Å². The number of aryl methyl sites for hydroxylation is 3. The van der Waals surface area contributed by atoms with Gasteiger partial charge in [0.15, 0.2) is 5.78 Å². The Morgan fingerprint density at radius 1 is 0.933 bits per heavy atom. The molecular weight excluding hydrogens is 420 g/mol. The smallest absolute Gasteiger partial charge is 0.339 e. The molecule has 0 aromatic heterocycles. The molecule has 0 spiro atoms. The Bertz CT molecular complexity index is 1200. The van der Waals surface area contributed by atoms with Crippen molar-refractivity contribution in [3.05, 3.63) is 99.6 Å². The first-order valence-corrected chi connectivity index (χ1v) is 11.1. The number of carbonyl (C=O) groups is 1. The van der Waals surface area contributed by atoms with Gasteiger partial charge in [-0.25, -0.2) is 0 Å². The minimum atomic E-state index is -3.99. The lowest BCUT2D eigenvalue weighted by molar-refractivity contribution is 0.104. The van der Waals surface area contributed by atoms with Gasteiger partial charge in [-0.05, 0) is 79.9 Å². The van der Waals surface area contributed by atoms with E-state index < -0.39 is 10.1 Å². The van der Waals surface area contributed by atoms with Crippen molar-refractivity contribution < 1.29 is 17.4 Å². The predicted molar refractivity (Wildman–Crippen MR) is 120 cm³/mol. The first-order chi connectivity index (χ1) is 14.2. The van der Waals surface area contributed by atoms with Gasteiger partial charge in [-0.1, -0.05) is 47.5 Å². The molecule has 154 valence electrons. The Labute approximate surface area is 181 Å². The molecule has 3 aromatic rings. The molecule has 3 rings (SSSR count). The van der Waals surface area contributed by atoms with Gasteiger partial charge < -0.3 is 4.18 Å². The third-order valence-corrected chi connectivity index (χ3v) is 6.42. The maximum absolute atomic E-state index is 12.8. The van der Waals surface area contributed by atoms with E-state index in [0.717, 1.165) is 11.1 Å². The van der Waals surface area contributed by atoms with Crippen molar-refractivity contribution in [3.63, 3.8) is 0 Å². The molecule has 30 heavy (non-hydrogen) atoms. The van der Waals surface area contributed by atoms with Crippen LogP contribution in [0.15, 0.2) is 71.6 Å². The number of rotatable bonds is 6. The molecule has 0 bridgehead atoms. The fourth-order valence-corrected chi connectivity index (χ4v) is 4.83. The summed E-state index contributed by atoms with van der Waals surface area (Å²) >= 11 is 6.08. The van der Waals surface area contributed by atoms with E-state index >= 15 is 0 Å². The Morgan fingerprint density at radius 2 is 1.53 bits per heavy atom. The minimum absolute atomic E-state index is 0.140. The lowest BCUT2D eigenvalue weighted by Crippen LogP contribution is -2.13. The monoisotopic (exact) mass is 440 g/mol. The summed E-state index contributed by atoms with van der Waals surface area (Å²) in [6, 6.07) is 16.8. The molecule has 0 fully saturated rings. The summed E-state index contributed by atoms with van der Waals surface area (Å²) in [5, 5.41) is 0.553. The largest absolute Gasteiger partial charge is 0.379 e. The summed E-state index contributed by atoms with van der Waals surface area (Å²) in [6.45, 7) is 5.39. The summed E-state index contributed by atoms with van der Waals surface area (Å²) in [5.41, 5.74) is 3.39. The molecule has 0 aliphatic rings. The average molecular weight is 441 g/mol. The van der Waals surface area contributed by atoms with Gasteiger partial charge >= 0.3 is 10.1 Å². The lowest BCUT2D eigenvalue weighted by atomic mass is 10.1. The highest BCUT2D eigenvalue weighted by Gasteiger charge is 2.22. The molecule has 0 saturated carbocycles. The maximum Gasteiger partial charge on any atom is 0.339 e. The van der Waals surface area contributed by atoms with E-state index in [1.807, 2.05) is 25.1 Å². The van der Waals surface area contributed by atoms with Crippen LogP contribution in [-0.2, 0) is 10.1 Å². The van der Waals surface area contributed by atoms with Crippen LogP contribution in [0.4, 0.5) is 0 Å². The molecular formula is C24H21ClO4S. The molecule has 0 heterocycles. The van der Waals surface area contributed by atoms with Gasteiger partial charge in [-0.3, -0.25) is 4.79 Å². The van der Waals surface area contributed by atoms with Crippen LogP contribution in [0.25, 0.3) is 6.08 Å². The molecule has 0 unspecified atom stereocenters. The third kappa shape index (κ3) is 4.99. The quantitative estimate of drug-likeness (QED) is 0.271. The molecule has 3 aromatic carbocycles. The van der Waals surface area contributed by atoms with Gasteiger partial charge in [0.2, 0.25) is 0 Å². The van der Waals surface area contributed by atoms with Gasteiger partial charge in [-0.2, -0.15) is 8.42 Å². The van der Waals surface area contributed by atoms with Crippen molar-refractivity contribution in [2.75, 3.05) is 0 Å². The fourth-order valence-electron chi connectivity index (χ4n) is 3.28. The van der Waals surface area contributed by atoms with Crippen LogP contribution in [-0.4, -0.2) is 14.2 Å². The van der Waals surface area contributed by atoms with E-state index in [4.69, 9.17) is 15.8 Å². The summed E-state index contributed by atoms with van der Waals surface area (Å²) in [6.07, 6.45) is 3.06. The normalized spacial score (nSPS) is 11.6. The maximum atomic E-state index is 12.8. The van der Waals surface area contributed by atoms with Crippen molar-refractivity contribution in [2.45, 2.75) is 25.7 Å². The number of hydrogen-bond donors (Lipinski definition) is 0. The molecule has 4 nitrogen and oxygen atoms in total. The third-order valence-electron chi connectivity index (χ3n) is 4.52. The summed E-state index contributed by atoms with van der Waals surface area (Å²) < 4.78 is 30.8. The highest BCUT2D eigenvalue weighted by Crippen LogP contribution is 2.26. The summed E-state index contributed by atoms with van der Waals surface area (Å²) in [7, 11) is -3.99. The Balaban J connectivity index is 1.77. The zero-order chi connectivity index (χ0) is 21.9. The first kappa shape index (κ1) is 21.8.